The van der Waals surface area contributed by atoms with Crippen molar-refractivity contribution in [1.29, 1.82) is 0 Å². The van der Waals surface area contributed by atoms with Crippen LogP contribution in [0.5, 0.6) is 0 Å². The molecule has 0 saturated carbocycles. The molecule has 2 heterocycles. The van der Waals surface area contributed by atoms with E-state index in [-0.39, 0.29) is 11.8 Å². The van der Waals surface area contributed by atoms with E-state index in [1.54, 1.807) is 6.07 Å². The van der Waals surface area contributed by atoms with Crippen molar-refractivity contribution in [1.82, 2.24) is 15.2 Å². The van der Waals surface area contributed by atoms with Gasteiger partial charge >= 0.3 is 0 Å². The van der Waals surface area contributed by atoms with Crippen molar-refractivity contribution in [2.24, 2.45) is 7.05 Å². The Morgan fingerprint density at radius 2 is 1.78 bits per heavy atom. The van der Waals surface area contributed by atoms with Crippen molar-refractivity contribution in [3.05, 3.63) is 58.4 Å². The van der Waals surface area contributed by atoms with Crippen molar-refractivity contribution < 1.29 is 9.59 Å². The van der Waals surface area contributed by atoms with Crippen LogP contribution in [0.25, 0.3) is 10.9 Å². The second kappa shape index (κ2) is 6.66. The summed E-state index contributed by atoms with van der Waals surface area (Å²) in [6.45, 7) is 0.782. The molecule has 23 heavy (non-hydrogen) atoms. The zero-order valence-electron chi connectivity index (χ0n) is 12.7. The molecule has 118 valence electrons. The van der Waals surface area contributed by atoms with Crippen LogP contribution in [0.15, 0.2) is 47.8 Å². The number of thiophene rings is 1. The van der Waals surface area contributed by atoms with Crippen LogP contribution in [-0.2, 0) is 7.05 Å². The third kappa shape index (κ3) is 3.27. The highest BCUT2D eigenvalue weighted by molar-refractivity contribution is 7.12. The van der Waals surface area contributed by atoms with E-state index in [0.717, 1.165) is 10.9 Å². The third-order valence-corrected chi connectivity index (χ3v) is 4.49. The summed E-state index contributed by atoms with van der Waals surface area (Å²) < 4.78 is 1.87. The predicted octanol–water partition coefficient (Wildman–Crippen LogP) is 2.40. The molecule has 3 aromatic rings. The lowest BCUT2D eigenvalue weighted by atomic mass is 10.2. The standard InChI is InChI=1S/C17H17N3O2S/c1-20-13-6-3-2-5-12(13)11-14(20)16(21)18-8-9-19-17(22)15-7-4-10-23-15/h2-7,10-11H,8-9H2,1H3,(H,18,21)(H,19,22). The Morgan fingerprint density at radius 3 is 2.48 bits per heavy atom. The quantitative estimate of drug-likeness (QED) is 0.707. The second-order valence-corrected chi connectivity index (χ2v) is 6.08. The highest BCUT2D eigenvalue weighted by atomic mass is 32.1. The first kappa shape index (κ1) is 15.3. The first-order valence-corrected chi connectivity index (χ1v) is 8.19. The molecular weight excluding hydrogens is 310 g/mol. The summed E-state index contributed by atoms with van der Waals surface area (Å²) in [5, 5.41) is 8.50. The first-order valence-electron chi connectivity index (χ1n) is 7.31. The van der Waals surface area contributed by atoms with E-state index in [1.165, 1.54) is 11.3 Å². The molecule has 6 heteroatoms. The summed E-state index contributed by atoms with van der Waals surface area (Å²) in [6, 6.07) is 13.3. The van der Waals surface area contributed by atoms with Gasteiger partial charge in [-0.15, -0.1) is 11.3 Å². The number of fused-ring (bicyclic) bond motifs is 1. The van der Waals surface area contributed by atoms with Crippen LogP contribution in [0.2, 0.25) is 0 Å². The highest BCUT2D eigenvalue weighted by Crippen LogP contribution is 2.17. The highest BCUT2D eigenvalue weighted by Gasteiger charge is 2.12. The lowest BCUT2D eigenvalue weighted by Crippen LogP contribution is -2.35. The molecule has 2 aromatic heterocycles. The zero-order chi connectivity index (χ0) is 16.2. The topological polar surface area (TPSA) is 63.1 Å². The normalized spacial score (nSPS) is 10.7. The molecule has 0 aliphatic carbocycles. The Labute approximate surface area is 137 Å². The number of benzene rings is 1. The van der Waals surface area contributed by atoms with Gasteiger partial charge in [0.1, 0.15) is 5.69 Å². The van der Waals surface area contributed by atoms with E-state index >= 15 is 0 Å². The molecule has 0 aliphatic heterocycles. The van der Waals surface area contributed by atoms with E-state index in [4.69, 9.17) is 0 Å². The minimum atomic E-state index is -0.144. The number of carbonyl (C=O) groups is 2. The van der Waals surface area contributed by atoms with Gasteiger partial charge in [-0.2, -0.15) is 0 Å². The largest absolute Gasteiger partial charge is 0.350 e. The Bertz CT molecular complexity index is 837. The average molecular weight is 327 g/mol. The van der Waals surface area contributed by atoms with E-state index < -0.39 is 0 Å². The molecule has 1 aromatic carbocycles. The van der Waals surface area contributed by atoms with Gasteiger partial charge in [0.25, 0.3) is 11.8 Å². The Balaban J connectivity index is 1.55. The molecule has 0 bridgehead atoms. The minimum Gasteiger partial charge on any atom is -0.350 e. The molecule has 3 rings (SSSR count). The lowest BCUT2D eigenvalue weighted by Gasteiger charge is -2.07. The number of nitrogens with zero attached hydrogens (tertiary/aromatic N) is 1. The van der Waals surface area contributed by atoms with Crippen LogP contribution in [0.4, 0.5) is 0 Å². The fourth-order valence-corrected chi connectivity index (χ4v) is 3.08. The van der Waals surface area contributed by atoms with Gasteiger partial charge in [0.15, 0.2) is 0 Å². The predicted molar refractivity (Wildman–Crippen MR) is 91.9 cm³/mol. The fraction of sp³-hybridized carbons (Fsp3) is 0.176. The molecule has 5 nitrogen and oxygen atoms in total. The van der Waals surface area contributed by atoms with Crippen molar-refractivity contribution in [3.8, 4) is 0 Å². The number of nitrogens with one attached hydrogen (secondary N) is 2. The van der Waals surface area contributed by atoms with E-state index in [0.29, 0.717) is 23.7 Å². The van der Waals surface area contributed by atoms with Crippen molar-refractivity contribution in [2.45, 2.75) is 0 Å². The minimum absolute atomic E-state index is 0.112. The van der Waals surface area contributed by atoms with Crippen LogP contribution >= 0.6 is 11.3 Å². The number of carbonyl (C=O) groups excluding carboxylic acids is 2. The molecule has 0 radical (unpaired) electrons. The molecule has 2 amide bonds. The van der Waals surface area contributed by atoms with Crippen molar-refractivity contribution >= 4 is 34.1 Å². The van der Waals surface area contributed by atoms with Gasteiger partial charge in [0.05, 0.1) is 4.88 Å². The molecule has 0 atom stereocenters. The maximum absolute atomic E-state index is 12.3. The summed E-state index contributed by atoms with van der Waals surface area (Å²) in [6.07, 6.45) is 0. The van der Waals surface area contributed by atoms with Crippen molar-refractivity contribution in [3.63, 3.8) is 0 Å². The number of amides is 2. The first-order chi connectivity index (χ1) is 11.2. The second-order valence-electron chi connectivity index (χ2n) is 5.14. The van der Waals surface area contributed by atoms with Gasteiger partial charge in [0.2, 0.25) is 0 Å². The Morgan fingerprint density at radius 1 is 1.04 bits per heavy atom. The van der Waals surface area contributed by atoms with Gasteiger partial charge in [-0.3, -0.25) is 9.59 Å². The number of hydrogen-bond acceptors (Lipinski definition) is 3. The third-order valence-electron chi connectivity index (χ3n) is 3.63. The fourth-order valence-electron chi connectivity index (χ4n) is 2.44. The monoisotopic (exact) mass is 327 g/mol. The number of aryl methyl sites for hydroxylation is 1. The van der Waals surface area contributed by atoms with E-state index in [1.807, 2.05) is 53.4 Å². The molecule has 0 unspecified atom stereocenters. The summed E-state index contributed by atoms with van der Waals surface area (Å²) in [7, 11) is 1.87. The van der Waals surface area contributed by atoms with Gasteiger partial charge in [-0.25, -0.2) is 0 Å². The van der Waals surface area contributed by atoms with E-state index in [9.17, 15) is 9.59 Å². The van der Waals surface area contributed by atoms with E-state index in [2.05, 4.69) is 10.6 Å². The van der Waals surface area contributed by atoms with Crippen LogP contribution in [0, 0.1) is 0 Å². The summed E-state index contributed by atoms with van der Waals surface area (Å²) in [4.78, 5) is 24.7. The number of hydrogen-bond donors (Lipinski definition) is 2. The average Bonchev–Trinajstić information content (AvgIpc) is 3.20. The molecule has 0 fully saturated rings. The van der Waals surface area contributed by atoms with Crippen LogP contribution in [-0.4, -0.2) is 29.5 Å². The number of aromatic nitrogens is 1. The van der Waals surface area contributed by atoms with Crippen LogP contribution in [0.1, 0.15) is 20.2 Å². The molecular formula is C17H17N3O2S. The van der Waals surface area contributed by atoms with Gasteiger partial charge in [0, 0.05) is 31.0 Å². The molecule has 0 saturated heterocycles. The van der Waals surface area contributed by atoms with Gasteiger partial charge < -0.3 is 15.2 Å². The number of para-hydroxylation sites is 1. The zero-order valence-corrected chi connectivity index (χ0v) is 13.5. The SMILES string of the molecule is Cn1c(C(=O)NCCNC(=O)c2cccs2)cc2ccccc21. The van der Waals surface area contributed by atoms with Crippen LogP contribution < -0.4 is 10.6 Å². The lowest BCUT2D eigenvalue weighted by molar-refractivity contribution is 0.0925. The smallest absolute Gasteiger partial charge is 0.267 e. The maximum atomic E-state index is 12.3. The van der Waals surface area contributed by atoms with Gasteiger partial charge in [-0.1, -0.05) is 24.3 Å². The molecule has 2 N–H and O–H groups in total. The Hall–Kier alpha value is -2.60. The summed E-state index contributed by atoms with van der Waals surface area (Å²) in [5.41, 5.74) is 1.62. The van der Waals surface area contributed by atoms with Gasteiger partial charge in [-0.05, 0) is 23.6 Å². The van der Waals surface area contributed by atoms with Crippen LogP contribution in [0.3, 0.4) is 0 Å². The molecule has 0 spiro atoms. The summed E-state index contributed by atoms with van der Waals surface area (Å²) >= 11 is 1.39. The van der Waals surface area contributed by atoms with Crippen molar-refractivity contribution in [2.75, 3.05) is 13.1 Å². The Kier molecular flexibility index (Phi) is 4.43. The summed E-state index contributed by atoms with van der Waals surface area (Å²) in [5.74, 6) is -0.257. The molecule has 0 aliphatic rings. The maximum Gasteiger partial charge on any atom is 0.267 e. The number of rotatable bonds is 5.